The first kappa shape index (κ1) is 18.6. The van der Waals surface area contributed by atoms with E-state index in [4.69, 9.17) is 9.26 Å². The quantitative estimate of drug-likeness (QED) is 0.665. The highest BCUT2D eigenvalue weighted by Crippen LogP contribution is 2.19. The third-order valence-corrected chi connectivity index (χ3v) is 4.39. The summed E-state index contributed by atoms with van der Waals surface area (Å²) < 4.78 is 11.1. The molecule has 0 aliphatic rings. The van der Waals surface area contributed by atoms with E-state index in [1.807, 2.05) is 62.4 Å². The summed E-state index contributed by atoms with van der Waals surface area (Å²) in [4.78, 5) is 18.5. The second-order valence-electron chi connectivity index (χ2n) is 6.58. The Morgan fingerprint density at radius 3 is 2.59 bits per heavy atom. The van der Waals surface area contributed by atoms with Crippen molar-refractivity contribution in [3.05, 3.63) is 65.5 Å². The zero-order valence-electron chi connectivity index (χ0n) is 16.0. The second-order valence-corrected chi connectivity index (χ2v) is 6.58. The Bertz CT molecular complexity index is 921. The average Bonchev–Trinajstić information content (AvgIpc) is 3.13. The van der Waals surface area contributed by atoms with E-state index in [1.165, 1.54) is 10.5 Å². The summed E-state index contributed by atoms with van der Waals surface area (Å²) in [5.74, 6) is 1.40. The number of amides is 1. The highest BCUT2D eigenvalue weighted by molar-refractivity contribution is 5.80. The summed E-state index contributed by atoms with van der Waals surface area (Å²) in [6.07, 6.45) is -0.617. The summed E-state index contributed by atoms with van der Waals surface area (Å²) >= 11 is 0. The molecule has 27 heavy (non-hydrogen) atoms. The van der Waals surface area contributed by atoms with Crippen LogP contribution in [-0.2, 0) is 11.3 Å². The molecule has 0 aliphatic carbocycles. The molecule has 140 valence electrons. The molecule has 0 spiro atoms. The number of aromatic nitrogens is 2. The minimum Gasteiger partial charge on any atom is -0.481 e. The Labute approximate surface area is 158 Å². The number of hydrogen-bond acceptors (Lipinski definition) is 5. The molecule has 1 amide bonds. The Morgan fingerprint density at radius 1 is 1.15 bits per heavy atom. The van der Waals surface area contributed by atoms with Crippen LogP contribution in [0.5, 0.6) is 5.75 Å². The molecule has 0 bridgehead atoms. The molecule has 1 heterocycles. The molecule has 3 aromatic rings. The molecule has 0 saturated heterocycles. The fourth-order valence-corrected chi connectivity index (χ4v) is 2.66. The first-order valence-corrected chi connectivity index (χ1v) is 8.81. The number of aryl methyl sites for hydroxylation is 2. The Balaban J connectivity index is 1.61. The van der Waals surface area contributed by atoms with Gasteiger partial charge >= 0.3 is 0 Å². The fourth-order valence-electron chi connectivity index (χ4n) is 2.66. The van der Waals surface area contributed by atoms with E-state index < -0.39 is 6.10 Å². The SMILES string of the molecule is Cc1ccc(OC(C)C(=O)N(C)Cc2nc(-c3ccccc3)no2)cc1C. The van der Waals surface area contributed by atoms with E-state index in [0.717, 1.165) is 11.1 Å². The van der Waals surface area contributed by atoms with Crippen LogP contribution in [0.1, 0.15) is 23.9 Å². The van der Waals surface area contributed by atoms with Gasteiger partial charge in [0.1, 0.15) is 5.75 Å². The van der Waals surface area contributed by atoms with Gasteiger partial charge in [-0.25, -0.2) is 0 Å². The summed E-state index contributed by atoms with van der Waals surface area (Å²) in [6.45, 7) is 6.01. The maximum Gasteiger partial charge on any atom is 0.263 e. The predicted octanol–water partition coefficient (Wildman–Crippen LogP) is 3.78. The Kier molecular flexibility index (Phi) is 5.54. The van der Waals surface area contributed by atoms with Crippen molar-refractivity contribution < 1.29 is 14.1 Å². The van der Waals surface area contributed by atoms with Crippen LogP contribution in [0.15, 0.2) is 53.1 Å². The van der Waals surface area contributed by atoms with Crippen LogP contribution in [0, 0.1) is 13.8 Å². The molecule has 6 heteroatoms. The normalized spacial score (nSPS) is 11.9. The largest absolute Gasteiger partial charge is 0.481 e. The maximum atomic E-state index is 12.6. The highest BCUT2D eigenvalue weighted by Gasteiger charge is 2.21. The summed E-state index contributed by atoms with van der Waals surface area (Å²) in [5, 5.41) is 3.97. The van der Waals surface area contributed by atoms with Crippen molar-refractivity contribution in [2.45, 2.75) is 33.4 Å². The number of rotatable bonds is 6. The third-order valence-electron chi connectivity index (χ3n) is 4.39. The van der Waals surface area contributed by atoms with Crippen molar-refractivity contribution in [1.29, 1.82) is 0 Å². The van der Waals surface area contributed by atoms with Crippen molar-refractivity contribution in [1.82, 2.24) is 15.0 Å². The molecule has 6 nitrogen and oxygen atoms in total. The maximum absolute atomic E-state index is 12.6. The zero-order valence-corrected chi connectivity index (χ0v) is 16.0. The highest BCUT2D eigenvalue weighted by atomic mass is 16.5. The lowest BCUT2D eigenvalue weighted by molar-refractivity contribution is -0.137. The van der Waals surface area contributed by atoms with Gasteiger partial charge in [-0.15, -0.1) is 0 Å². The van der Waals surface area contributed by atoms with Gasteiger partial charge in [-0.3, -0.25) is 4.79 Å². The monoisotopic (exact) mass is 365 g/mol. The number of benzene rings is 2. The smallest absolute Gasteiger partial charge is 0.263 e. The number of carbonyl (C=O) groups is 1. The van der Waals surface area contributed by atoms with Crippen LogP contribution in [-0.4, -0.2) is 34.1 Å². The summed E-state index contributed by atoms with van der Waals surface area (Å²) in [7, 11) is 1.69. The molecule has 0 fully saturated rings. The van der Waals surface area contributed by atoms with Crippen molar-refractivity contribution in [3.63, 3.8) is 0 Å². The minimum absolute atomic E-state index is 0.160. The number of carbonyl (C=O) groups excluding carboxylic acids is 1. The lowest BCUT2D eigenvalue weighted by atomic mass is 10.1. The van der Waals surface area contributed by atoms with Gasteiger partial charge in [-0.1, -0.05) is 41.6 Å². The average molecular weight is 365 g/mol. The van der Waals surface area contributed by atoms with E-state index in [-0.39, 0.29) is 12.5 Å². The van der Waals surface area contributed by atoms with Gasteiger partial charge in [0.05, 0.1) is 6.54 Å². The van der Waals surface area contributed by atoms with E-state index in [0.29, 0.717) is 17.5 Å². The molecule has 0 saturated carbocycles. The van der Waals surface area contributed by atoms with Crippen molar-refractivity contribution in [2.24, 2.45) is 0 Å². The minimum atomic E-state index is -0.617. The van der Waals surface area contributed by atoms with Gasteiger partial charge < -0.3 is 14.2 Å². The number of nitrogens with zero attached hydrogens (tertiary/aromatic N) is 3. The number of likely N-dealkylation sites (N-methyl/N-ethyl adjacent to an activating group) is 1. The van der Waals surface area contributed by atoms with Gasteiger partial charge in [0, 0.05) is 12.6 Å². The number of ether oxygens (including phenoxy) is 1. The van der Waals surface area contributed by atoms with Gasteiger partial charge in [-0.05, 0) is 44.0 Å². The zero-order chi connectivity index (χ0) is 19.4. The van der Waals surface area contributed by atoms with E-state index in [2.05, 4.69) is 10.1 Å². The van der Waals surface area contributed by atoms with Crippen LogP contribution < -0.4 is 4.74 Å². The molecule has 0 radical (unpaired) electrons. The molecule has 0 N–H and O–H groups in total. The van der Waals surface area contributed by atoms with Crippen LogP contribution in [0.2, 0.25) is 0 Å². The Morgan fingerprint density at radius 2 is 1.89 bits per heavy atom. The van der Waals surface area contributed by atoms with Gasteiger partial charge in [0.15, 0.2) is 6.10 Å². The second kappa shape index (κ2) is 8.03. The molecule has 3 rings (SSSR count). The molecule has 1 atom stereocenters. The van der Waals surface area contributed by atoms with E-state index >= 15 is 0 Å². The van der Waals surface area contributed by atoms with Gasteiger partial charge in [-0.2, -0.15) is 4.98 Å². The van der Waals surface area contributed by atoms with Gasteiger partial charge in [0.25, 0.3) is 5.91 Å². The van der Waals surface area contributed by atoms with Gasteiger partial charge in [0.2, 0.25) is 11.7 Å². The van der Waals surface area contributed by atoms with Crippen molar-refractivity contribution in [2.75, 3.05) is 7.05 Å². The van der Waals surface area contributed by atoms with Crippen LogP contribution in [0.4, 0.5) is 0 Å². The first-order valence-electron chi connectivity index (χ1n) is 8.81. The van der Waals surface area contributed by atoms with Crippen LogP contribution in [0.25, 0.3) is 11.4 Å². The fraction of sp³-hybridized carbons (Fsp3) is 0.286. The van der Waals surface area contributed by atoms with Crippen molar-refractivity contribution >= 4 is 5.91 Å². The standard InChI is InChI=1S/C21H23N3O3/c1-14-10-11-18(12-15(14)2)26-16(3)21(25)24(4)13-19-22-20(23-27-19)17-8-6-5-7-9-17/h5-12,16H,13H2,1-4H3. The van der Waals surface area contributed by atoms with Crippen molar-refractivity contribution in [3.8, 4) is 17.1 Å². The topological polar surface area (TPSA) is 68.5 Å². The molecular weight excluding hydrogens is 342 g/mol. The lowest BCUT2D eigenvalue weighted by Gasteiger charge is -2.21. The number of hydrogen-bond donors (Lipinski definition) is 0. The van der Waals surface area contributed by atoms with Crippen LogP contribution in [0.3, 0.4) is 0 Å². The first-order chi connectivity index (χ1) is 12.9. The molecular formula is C21H23N3O3. The lowest BCUT2D eigenvalue weighted by Crippen LogP contribution is -2.37. The molecule has 0 aliphatic heterocycles. The predicted molar refractivity (Wildman–Crippen MR) is 102 cm³/mol. The van der Waals surface area contributed by atoms with E-state index in [1.54, 1.807) is 14.0 Å². The summed E-state index contributed by atoms with van der Waals surface area (Å²) in [5.41, 5.74) is 3.18. The third kappa shape index (κ3) is 4.53. The molecule has 1 unspecified atom stereocenters. The van der Waals surface area contributed by atoms with Crippen LogP contribution >= 0.6 is 0 Å². The Hall–Kier alpha value is -3.15. The molecule has 2 aromatic carbocycles. The molecule has 1 aromatic heterocycles. The summed E-state index contributed by atoms with van der Waals surface area (Å²) in [6, 6.07) is 15.3. The van der Waals surface area contributed by atoms with E-state index in [9.17, 15) is 4.79 Å².